The van der Waals surface area contributed by atoms with E-state index in [1.807, 2.05) is 0 Å². The number of rotatable bonds is 15. The number of hydrogen-bond acceptors (Lipinski definition) is 7. The zero-order valence-electron chi connectivity index (χ0n) is 23.1. The van der Waals surface area contributed by atoms with Gasteiger partial charge in [-0.1, -0.05) is 40.0 Å². The third-order valence-electron chi connectivity index (χ3n) is 4.44. The van der Waals surface area contributed by atoms with Crippen LogP contribution in [0.25, 0.3) is 0 Å². The van der Waals surface area contributed by atoms with E-state index in [9.17, 15) is 19.9 Å². The van der Waals surface area contributed by atoms with Crippen LogP contribution in [0.15, 0.2) is 14.3 Å². The van der Waals surface area contributed by atoms with Crippen LogP contribution in [0.3, 0.4) is 0 Å². The molecule has 0 amide bonds. The fourth-order valence-electron chi connectivity index (χ4n) is 2.35. The van der Waals surface area contributed by atoms with E-state index < -0.39 is 24.4 Å². The Morgan fingerprint density at radius 3 is 1.00 bits per heavy atom. The van der Waals surface area contributed by atoms with Gasteiger partial charge in [-0.25, -0.2) is 4.57 Å². The van der Waals surface area contributed by atoms with Crippen LogP contribution in [0, 0.1) is 0 Å². The highest BCUT2D eigenvalue weighted by Crippen LogP contribution is 2.55. The van der Waals surface area contributed by atoms with Crippen molar-refractivity contribution in [3.8, 4) is 0 Å². The Hall–Kier alpha value is 0.170. The third-order valence-corrected chi connectivity index (χ3v) is 10.3. The first kappa shape index (κ1) is 35.2. The number of aliphatic hydroxyl groups is 3. The minimum atomic E-state index is -4.10. The summed E-state index contributed by atoms with van der Waals surface area (Å²) in [6.45, 7) is 15.8. The van der Waals surface area contributed by atoms with Gasteiger partial charge in [-0.05, 0) is 78.1 Å². The van der Waals surface area contributed by atoms with Gasteiger partial charge in [-0.15, -0.1) is 35.3 Å². The Balaban J connectivity index is 6.93. The molecule has 0 aliphatic carbocycles. The van der Waals surface area contributed by atoms with Crippen molar-refractivity contribution in [2.75, 3.05) is 17.3 Å². The van der Waals surface area contributed by atoms with Crippen LogP contribution in [-0.2, 0) is 4.57 Å². The fourth-order valence-corrected chi connectivity index (χ4v) is 8.51. The highest BCUT2D eigenvalue weighted by Gasteiger charge is 2.34. The van der Waals surface area contributed by atoms with Crippen molar-refractivity contribution in [1.29, 1.82) is 0 Å². The van der Waals surface area contributed by atoms with E-state index in [0.29, 0.717) is 17.3 Å². The predicted molar refractivity (Wildman–Crippen MR) is 161 cm³/mol. The van der Waals surface area contributed by atoms with Gasteiger partial charge in [0.2, 0.25) is 0 Å². The van der Waals surface area contributed by atoms with E-state index in [0.717, 1.165) is 38.5 Å². The average molecular weight is 570 g/mol. The van der Waals surface area contributed by atoms with Gasteiger partial charge in [-0.2, -0.15) is 14.3 Å². The van der Waals surface area contributed by atoms with E-state index in [2.05, 4.69) is 35.1 Å². The molecule has 0 saturated heterocycles. The molecule has 0 spiro atoms. The first-order chi connectivity index (χ1) is 16.0. The summed E-state index contributed by atoms with van der Waals surface area (Å²) in [5, 5.41) is 33.2. The van der Waals surface area contributed by atoms with Gasteiger partial charge in [0.05, 0.1) is 0 Å². The molecule has 0 aliphatic heterocycles. The van der Waals surface area contributed by atoms with Crippen molar-refractivity contribution < 1.29 is 19.9 Å². The monoisotopic (exact) mass is 569 g/mol. The van der Waals surface area contributed by atoms with Gasteiger partial charge < -0.3 is 15.3 Å². The van der Waals surface area contributed by atoms with Crippen LogP contribution >= 0.6 is 42.9 Å². The molecule has 0 rings (SSSR count). The Morgan fingerprint density at radius 2 is 0.829 bits per heavy atom. The second kappa shape index (κ2) is 16.2. The lowest BCUT2D eigenvalue weighted by Gasteiger charge is -2.25. The average Bonchev–Trinajstić information content (AvgIpc) is 2.70. The fraction of sp³-hybridized carbons (Fsp3) is 0.875. The Labute approximate surface area is 226 Å². The lowest BCUT2D eigenvalue weighted by molar-refractivity contribution is 0.157. The van der Waals surface area contributed by atoms with Gasteiger partial charge in [0.1, 0.15) is 31.9 Å². The molecular weight excluding hydrogens is 521 g/mol. The van der Waals surface area contributed by atoms with E-state index in [-0.39, 0.29) is 15.1 Å². The smallest absolute Gasteiger partial charge is 0.384 e. The van der Waals surface area contributed by atoms with Crippen LogP contribution in [0.5, 0.6) is 0 Å². The number of hydrogen-bond donors (Lipinski definition) is 3. The summed E-state index contributed by atoms with van der Waals surface area (Å²) in [7, 11) is -4.10. The molecule has 0 heterocycles. The van der Waals surface area contributed by atoms with Crippen molar-refractivity contribution >= 4 is 58.0 Å². The molecule has 0 atom stereocenters. The summed E-state index contributed by atoms with van der Waals surface area (Å²) in [5.74, 6) is 2.12. The second-order valence-corrected chi connectivity index (χ2v) is 14.9. The van der Waals surface area contributed by atoms with Crippen molar-refractivity contribution in [2.24, 2.45) is 14.3 Å². The first-order valence-electron chi connectivity index (χ1n) is 12.5. The lowest BCUT2D eigenvalue weighted by atomic mass is 10.2. The summed E-state index contributed by atoms with van der Waals surface area (Å²) in [6, 6.07) is 0. The Morgan fingerprint density at radius 1 is 0.600 bits per heavy atom. The van der Waals surface area contributed by atoms with E-state index in [4.69, 9.17) is 0 Å². The van der Waals surface area contributed by atoms with Gasteiger partial charge in [-0.3, -0.25) is 0 Å². The number of nitrogens with zero attached hydrogens (tertiary/aromatic N) is 3. The van der Waals surface area contributed by atoms with Gasteiger partial charge in [0, 0.05) is 0 Å². The summed E-state index contributed by atoms with van der Waals surface area (Å²) < 4.78 is 27.8. The molecule has 3 N–H and O–H groups in total. The number of unbranched alkanes of at least 4 members (excludes halogenated alkanes) is 3. The lowest BCUT2D eigenvalue weighted by Crippen LogP contribution is -2.31. The van der Waals surface area contributed by atoms with Crippen LogP contribution in [0.1, 0.15) is 101 Å². The largest absolute Gasteiger partial charge is 0.417 e. The maximum absolute atomic E-state index is 14.3. The summed E-state index contributed by atoms with van der Waals surface area (Å²) >= 11 is 4.03. The minimum absolute atomic E-state index is 0.282. The molecule has 0 radical (unpaired) electrons. The summed E-state index contributed by atoms with van der Waals surface area (Å²) in [5.41, 5.74) is -4.02. The molecule has 7 nitrogen and oxygen atoms in total. The molecule has 0 bridgehead atoms. The molecule has 0 aromatic rings. The van der Waals surface area contributed by atoms with Crippen molar-refractivity contribution in [3.63, 3.8) is 0 Å². The summed E-state index contributed by atoms with van der Waals surface area (Å²) in [4.78, 5) is 0. The summed E-state index contributed by atoms with van der Waals surface area (Å²) in [6.07, 6.45) is 5.69. The molecular formula is C24H48N3O4PS3. The van der Waals surface area contributed by atoms with Crippen LogP contribution in [0.4, 0.5) is 0 Å². The van der Waals surface area contributed by atoms with E-state index >= 15 is 0 Å². The van der Waals surface area contributed by atoms with Crippen LogP contribution in [0.2, 0.25) is 0 Å². The molecule has 0 unspecified atom stereocenters. The van der Waals surface area contributed by atoms with Crippen LogP contribution < -0.4 is 0 Å². The molecule has 0 fully saturated rings. The van der Waals surface area contributed by atoms with Crippen LogP contribution in [-0.4, -0.2) is 64.5 Å². The highest BCUT2D eigenvalue weighted by atomic mass is 32.2. The topological polar surface area (TPSA) is 115 Å². The normalized spacial score (nSPS) is 16.5. The predicted octanol–water partition coefficient (Wildman–Crippen LogP) is 7.20. The quantitative estimate of drug-likeness (QED) is 0.0826. The number of thioether (sulfide) groups is 3. The van der Waals surface area contributed by atoms with Gasteiger partial charge in [0.25, 0.3) is 0 Å². The standard InChI is InChI=1S/C24H48N3O4PS3/c1-10-13-16-33-19(22(4,5)28)25-32(31,26-20(23(6,7)29)34-17-14-11-2)27-21(24(8,9)30)35-18-15-12-3/h28-30H,10-18H2,1-9H3. The van der Waals surface area contributed by atoms with Crippen molar-refractivity contribution in [3.05, 3.63) is 0 Å². The van der Waals surface area contributed by atoms with Crippen molar-refractivity contribution in [1.82, 2.24) is 0 Å². The molecule has 11 heteroatoms. The zero-order chi connectivity index (χ0) is 27.3. The third kappa shape index (κ3) is 15.2. The van der Waals surface area contributed by atoms with Crippen molar-refractivity contribution in [2.45, 2.75) is 118 Å². The maximum atomic E-state index is 14.3. The second-order valence-electron chi connectivity index (χ2n) is 10.0. The molecule has 0 aromatic heterocycles. The Kier molecular flexibility index (Phi) is 16.3. The van der Waals surface area contributed by atoms with E-state index in [1.165, 1.54) is 35.3 Å². The molecule has 0 aliphatic rings. The Bertz CT molecular complexity index is 668. The minimum Gasteiger partial charge on any atom is -0.384 e. The zero-order valence-corrected chi connectivity index (χ0v) is 26.5. The van der Waals surface area contributed by atoms with E-state index in [1.54, 1.807) is 41.5 Å². The first-order valence-corrected chi connectivity index (χ1v) is 17.0. The molecule has 0 saturated carbocycles. The van der Waals surface area contributed by atoms with Gasteiger partial charge >= 0.3 is 7.59 Å². The van der Waals surface area contributed by atoms with Gasteiger partial charge in [0.15, 0.2) is 0 Å². The molecule has 35 heavy (non-hydrogen) atoms. The SMILES string of the molecule is CCCCSC(=NP(=O)(N=C(SCCCC)C(C)(C)O)N=C(SCCCC)C(C)(C)O)C(C)(C)O. The molecule has 0 aromatic carbocycles. The maximum Gasteiger partial charge on any atom is 0.417 e. The molecule has 206 valence electrons. The highest BCUT2D eigenvalue weighted by molar-refractivity contribution is 8.15.